The number of H-pyrrole nitrogens is 1. The number of carbonyl (C=O) groups is 7. The van der Waals surface area contributed by atoms with E-state index in [2.05, 4.69) is 53.8 Å². The summed E-state index contributed by atoms with van der Waals surface area (Å²) >= 11 is 0. The topological polar surface area (TPSA) is 414 Å². The summed E-state index contributed by atoms with van der Waals surface area (Å²) in [6.07, 6.45) is 12.9. The predicted octanol–water partition coefficient (Wildman–Crippen LogP) is 0.656. The Kier molecular flexibility index (Phi) is 31.3. The maximum Gasteiger partial charge on any atom is 0.243 e. The van der Waals surface area contributed by atoms with E-state index < -0.39 is 77.6 Å². The molecule has 0 radical (unpaired) electrons. The van der Waals surface area contributed by atoms with Crippen molar-refractivity contribution in [2.75, 3.05) is 26.2 Å². The minimum atomic E-state index is -1.29. The minimum absolute atomic E-state index is 0.00424. The number of carbonyl (C=O) groups excluding carboxylic acids is 7. The summed E-state index contributed by atoms with van der Waals surface area (Å²) in [4.78, 5) is 108. The summed E-state index contributed by atoms with van der Waals surface area (Å²) in [5.41, 5.74) is 40.8. The highest BCUT2D eigenvalue weighted by Crippen LogP contribution is 2.20. The Bertz CT molecular complexity index is 2090. The standard InChI is InChI=1S/C51H90N16O7/c1-4-6-7-8-9-10-11-26-42(68)62-38(22-14-16-27-52)47(72)67-43(33(3)5-2)49(74)65-39(23-15-17-28-53)45(70)64-40(25-19-30-60-51(57)58)46(71)66-41(31-34-32-61-36-21-13-12-20-35(34)36)48(73)63-37(44(54)69)24-18-29-59-50(55)56/h12-13,20-21,32-33,37-41,43,61H,4-11,14-19,22-31,52-53H2,1-3H3,(H2,54,69)(H,62,68)(H,63,73)(H,64,70)(H,65,74)(H,66,71)(H,67,72)(H4,55,56,59)(H4,57,58,60)/t33-,37-,38-,39-,40-,41-,43-/m0/s1. The number of aromatic nitrogens is 1. The van der Waals surface area contributed by atoms with Crippen LogP contribution in [-0.4, -0.2) is 121 Å². The number of fused-ring (bicyclic) bond motifs is 1. The Morgan fingerprint density at radius 1 is 0.541 bits per heavy atom. The SMILES string of the molecule is CCCCCCCCCC(=O)N[C@@H](CCCCN)C(=O)N[C@H](C(=O)N[C@@H](CCCCN)C(=O)N[C@@H](CCCN=C(N)N)C(=O)N[C@@H](Cc1c[nH]c2ccccc12)C(=O)N[C@@H](CCCN=C(N)N)C(N)=O)[C@@H](C)CC. The second-order valence-corrected chi connectivity index (χ2v) is 19.0. The van der Waals surface area contributed by atoms with Crippen LogP contribution in [0.1, 0.15) is 148 Å². The van der Waals surface area contributed by atoms with E-state index in [1.165, 1.54) is 12.8 Å². The highest BCUT2D eigenvalue weighted by atomic mass is 16.2. The maximum absolute atomic E-state index is 14.5. The third kappa shape index (κ3) is 25.0. The van der Waals surface area contributed by atoms with Crippen LogP contribution in [-0.2, 0) is 40.0 Å². The number of nitrogens with zero attached hydrogens (tertiary/aromatic N) is 2. The molecule has 23 nitrogen and oxygen atoms in total. The van der Waals surface area contributed by atoms with E-state index in [-0.39, 0.29) is 69.4 Å². The second-order valence-electron chi connectivity index (χ2n) is 19.0. The Balaban J connectivity index is 2.44. The molecule has 1 heterocycles. The van der Waals surface area contributed by atoms with Gasteiger partial charge in [-0.05, 0) is 101 Å². The van der Waals surface area contributed by atoms with Gasteiger partial charge in [0.05, 0.1) is 0 Å². The molecule has 0 aliphatic carbocycles. The molecule has 7 atom stereocenters. The number of aliphatic imine (C=N–C) groups is 2. The molecule has 0 fully saturated rings. The molecule has 0 saturated carbocycles. The van der Waals surface area contributed by atoms with E-state index in [1.54, 1.807) is 13.1 Å². The zero-order valence-electron chi connectivity index (χ0n) is 44.2. The number of aromatic amines is 1. The molecular weight excluding hydrogens is 949 g/mol. The van der Waals surface area contributed by atoms with Crippen molar-refractivity contribution in [2.24, 2.45) is 56.0 Å². The van der Waals surface area contributed by atoms with E-state index in [0.717, 1.165) is 36.6 Å². The van der Waals surface area contributed by atoms with Crippen LogP contribution < -0.4 is 72.0 Å². The fourth-order valence-corrected chi connectivity index (χ4v) is 8.36. The molecule has 0 unspecified atom stereocenters. The van der Waals surface area contributed by atoms with Gasteiger partial charge in [0.1, 0.15) is 36.3 Å². The van der Waals surface area contributed by atoms with Gasteiger partial charge in [0.2, 0.25) is 41.4 Å². The first-order valence-corrected chi connectivity index (χ1v) is 26.6. The van der Waals surface area contributed by atoms with E-state index in [9.17, 15) is 33.6 Å². The third-order valence-electron chi connectivity index (χ3n) is 12.9. The number of primary amides is 1. The van der Waals surface area contributed by atoms with Crippen molar-refractivity contribution in [1.82, 2.24) is 36.9 Å². The average Bonchev–Trinajstić information content (AvgIpc) is 3.77. The highest BCUT2D eigenvalue weighted by Gasteiger charge is 2.35. The Morgan fingerprint density at radius 2 is 1.01 bits per heavy atom. The predicted molar refractivity (Wildman–Crippen MR) is 290 cm³/mol. The van der Waals surface area contributed by atoms with Crippen LogP contribution >= 0.6 is 0 Å². The third-order valence-corrected chi connectivity index (χ3v) is 12.9. The van der Waals surface area contributed by atoms with Gasteiger partial charge in [-0.3, -0.25) is 43.5 Å². The monoisotopic (exact) mass is 1040 g/mol. The molecule has 2 aromatic rings. The summed E-state index contributed by atoms with van der Waals surface area (Å²) in [6, 6.07) is 0.444. The molecule has 74 heavy (non-hydrogen) atoms. The lowest BCUT2D eigenvalue weighted by Gasteiger charge is -2.29. The molecule has 1 aromatic heterocycles. The van der Waals surface area contributed by atoms with E-state index >= 15 is 0 Å². The van der Waals surface area contributed by atoms with Gasteiger partial charge in [0, 0.05) is 43.0 Å². The first-order valence-electron chi connectivity index (χ1n) is 26.6. The Morgan fingerprint density at radius 3 is 1.57 bits per heavy atom. The van der Waals surface area contributed by atoms with Crippen LogP contribution in [0.3, 0.4) is 0 Å². The molecule has 23 heteroatoms. The second kappa shape index (κ2) is 36.4. The lowest BCUT2D eigenvalue weighted by molar-refractivity contribution is -0.136. The van der Waals surface area contributed by atoms with Crippen LogP contribution in [0, 0.1) is 5.92 Å². The van der Waals surface area contributed by atoms with Crippen molar-refractivity contribution in [2.45, 2.75) is 185 Å². The number of amides is 7. The van der Waals surface area contributed by atoms with Crippen LogP contribution in [0.4, 0.5) is 0 Å². The van der Waals surface area contributed by atoms with Crippen LogP contribution in [0.2, 0.25) is 0 Å². The van der Waals surface area contributed by atoms with Crippen molar-refractivity contribution in [3.63, 3.8) is 0 Å². The summed E-state index contributed by atoms with van der Waals surface area (Å²) in [5, 5.41) is 17.7. The molecule has 0 bridgehead atoms. The fraction of sp³-hybridized carbons (Fsp3) is 0.667. The van der Waals surface area contributed by atoms with Crippen molar-refractivity contribution < 1.29 is 33.6 Å². The summed E-state index contributed by atoms with van der Waals surface area (Å²) in [7, 11) is 0. The molecular formula is C51H90N16O7. The van der Waals surface area contributed by atoms with Crippen LogP contribution in [0.5, 0.6) is 0 Å². The van der Waals surface area contributed by atoms with Gasteiger partial charge in [0.25, 0.3) is 0 Å². The Hall–Kier alpha value is -6.49. The van der Waals surface area contributed by atoms with Crippen LogP contribution in [0.15, 0.2) is 40.4 Å². The minimum Gasteiger partial charge on any atom is -0.370 e. The van der Waals surface area contributed by atoms with Gasteiger partial charge >= 0.3 is 0 Å². The zero-order chi connectivity index (χ0) is 54.8. The van der Waals surface area contributed by atoms with Gasteiger partial charge in [-0.25, -0.2) is 0 Å². The number of hydrogen-bond donors (Lipinski definition) is 14. The van der Waals surface area contributed by atoms with E-state index in [4.69, 9.17) is 40.1 Å². The van der Waals surface area contributed by atoms with E-state index in [1.807, 2.05) is 31.2 Å². The number of benzene rings is 1. The number of hydrogen-bond acceptors (Lipinski definition) is 11. The lowest BCUT2D eigenvalue weighted by Crippen LogP contribution is -2.60. The molecule has 416 valence electrons. The number of rotatable bonds is 40. The molecule has 0 aliphatic rings. The first kappa shape index (κ1) is 63.6. The Labute approximate surface area is 437 Å². The summed E-state index contributed by atoms with van der Waals surface area (Å²) < 4.78 is 0. The molecule has 7 amide bonds. The number of nitrogens with two attached hydrogens (primary N) is 7. The molecule has 1 aromatic carbocycles. The number of para-hydroxylation sites is 1. The fourth-order valence-electron chi connectivity index (χ4n) is 8.36. The van der Waals surface area contributed by atoms with Crippen molar-refractivity contribution in [3.8, 4) is 0 Å². The van der Waals surface area contributed by atoms with Gasteiger partial charge < -0.3 is 77.0 Å². The van der Waals surface area contributed by atoms with E-state index in [0.29, 0.717) is 70.0 Å². The lowest BCUT2D eigenvalue weighted by atomic mass is 9.96. The molecule has 0 saturated heterocycles. The highest BCUT2D eigenvalue weighted by molar-refractivity contribution is 5.97. The number of unbranched alkanes of at least 4 members (excludes halogenated alkanes) is 8. The normalized spacial score (nSPS) is 14.0. The van der Waals surface area contributed by atoms with Gasteiger partial charge in [0.15, 0.2) is 11.9 Å². The van der Waals surface area contributed by atoms with Crippen LogP contribution in [0.25, 0.3) is 10.9 Å². The van der Waals surface area contributed by atoms with Crippen molar-refractivity contribution in [1.29, 1.82) is 0 Å². The summed E-state index contributed by atoms with van der Waals surface area (Å²) in [6.45, 7) is 6.82. The quantitative estimate of drug-likeness (QED) is 0.0248. The smallest absolute Gasteiger partial charge is 0.243 e. The van der Waals surface area contributed by atoms with Gasteiger partial charge in [-0.1, -0.05) is 83.9 Å². The van der Waals surface area contributed by atoms with Gasteiger partial charge in [-0.15, -0.1) is 0 Å². The number of guanidine groups is 2. The molecule has 21 N–H and O–H groups in total. The first-order chi connectivity index (χ1) is 35.4. The summed E-state index contributed by atoms with van der Waals surface area (Å²) in [5.74, 6) is -5.13. The number of nitrogens with one attached hydrogen (secondary N) is 7. The largest absolute Gasteiger partial charge is 0.370 e. The molecule has 0 spiro atoms. The molecule has 0 aliphatic heterocycles. The molecule has 2 rings (SSSR count). The van der Waals surface area contributed by atoms with Crippen molar-refractivity contribution in [3.05, 3.63) is 36.0 Å². The van der Waals surface area contributed by atoms with Gasteiger partial charge in [-0.2, -0.15) is 0 Å². The average molecular weight is 1040 g/mol. The zero-order valence-corrected chi connectivity index (χ0v) is 44.2. The maximum atomic E-state index is 14.5. The van der Waals surface area contributed by atoms with Crippen molar-refractivity contribution >= 4 is 64.2 Å².